The van der Waals surface area contributed by atoms with E-state index in [0.29, 0.717) is 48.8 Å². The highest BCUT2D eigenvalue weighted by Gasteiger charge is 2.32. The lowest BCUT2D eigenvalue weighted by molar-refractivity contribution is -0.117. The van der Waals surface area contributed by atoms with E-state index >= 15 is 0 Å². The van der Waals surface area contributed by atoms with Crippen molar-refractivity contribution in [2.45, 2.75) is 77.8 Å². The first-order chi connectivity index (χ1) is 24.3. The number of nitrogens with one attached hydrogen (secondary N) is 1. The van der Waals surface area contributed by atoms with E-state index in [0.717, 1.165) is 42.4 Å². The van der Waals surface area contributed by atoms with Gasteiger partial charge in [0.15, 0.2) is 5.69 Å². The summed E-state index contributed by atoms with van der Waals surface area (Å²) in [5.74, 6) is 1.29. The molecule has 1 unspecified atom stereocenters. The molecule has 9 nitrogen and oxygen atoms in total. The summed E-state index contributed by atoms with van der Waals surface area (Å²) in [5.41, 5.74) is 5.08. The van der Waals surface area contributed by atoms with Gasteiger partial charge >= 0.3 is 0 Å². The SMILES string of the molecule is C#CCC(C(=O)Nc1ccc(-n2nc(C(=O)N(CCCC)CCCC)cc2C)c(C(=O)N2Cc3ccccc3C[C@H]2CO)c1)c1ccccc1. The van der Waals surface area contributed by atoms with Crippen LogP contribution in [0.3, 0.4) is 0 Å². The molecule has 50 heavy (non-hydrogen) atoms. The fraction of sp³-hybridized carbons (Fsp3) is 0.366. The summed E-state index contributed by atoms with van der Waals surface area (Å²) in [6, 6.07) is 23.7. The van der Waals surface area contributed by atoms with Gasteiger partial charge in [0.2, 0.25) is 5.91 Å². The van der Waals surface area contributed by atoms with Crippen LogP contribution in [-0.2, 0) is 17.8 Å². The first-order valence-corrected chi connectivity index (χ1v) is 17.6. The van der Waals surface area contributed by atoms with Crippen molar-refractivity contribution < 1.29 is 19.5 Å². The van der Waals surface area contributed by atoms with Crippen LogP contribution in [0.4, 0.5) is 5.69 Å². The minimum atomic E-state index is -0.581. The van der Waals surface area contributed by atoms with Crippen molar-refractivity contribution in [3.8, 4) is 18.0 Å². The van der Waals surface area contributed by atoms with Crippen molar-refractivity contribution in [1.29, 1.82) is 0 Å². The number of aliphatic hydroxyl groups is 1. The smallest absolute Gasteiger partial charge is 0.274 e. The number of aliphatic hydroxyl groups excluding tert-OH is 1. The zero-order chi connectivity index (χ0) is 35.6. The van der Waals surface area contributed by atoms with Gasteiger partial charge in [-0.25, -0.2) is 4.68 Å². The summed E-state index contributed by atoms with van der Waals surface area (Å²) in [5, 5.41) is 18.2. The Bertz CT molecular complexity index is 1840. The number of carbonyl (C=O) groups excluding carboxylic acids is 3. The van der Waals surface area contributed by atoms with Gasteiger partial charge in [-0.3, -0.25) is 14.4 Å². The third-order valence-electron chi connectivity index (χ3n) is 9.35. The van der Waals surface area contributed by atoms with Gasteiger partial charge in [0.25, 0.3) is 11.8 Å². The lowest BCUT2D eigenvalue weighted by atomic mass is 9.93. The van der Waals surface area contributed by atoms with Gasteiger partial charge in [-0.1, -0.05) is 81.3 Å². The molecule has 5 rings (SSSR count). The molecule has 0 radical (unpaired) electrons. The Kier molecular flexibility index (Phi) is 12.2. The van der Waals surface area contributed by atoms with E-state index in [9.17, 15) is 19.5 Å². The van der Waals surface area contributed by atoms with E-state index in [1.54, 1.807) is 33.8 Å². The molecule has 0 bridgehead atoms. The second kappa shape index (κ2) is 17.0. The molecule has 2 heterocycles. The molecule has 3 aromatic carbocycles. The Morgan fingerprint density at radius 3 is 2.32 bits per heavy atom. The summed E-state index contributed by atoms with van der Waals surface area (Å²) < 4.78 is 1.63. The molecule has 0 aliphatic carbocycles. The third-order valence-corrected chi connectivity index (χ3v) is 9.35. The largest absolute Gasteiger partial charge is 0.394 e. The Labute approximate surface area is 295 Å². The fourth-order valence-electron chi connectivity index (χ4n) is 6.50. The topological polar surface area (TPSA) is 108 Å². The minimum Gasteiger partial charge on any atom is -0.394 e. The molecule has 4 aromatic rings. The lowest BCUT2D eigenvalue weighted by Crippen LogP contribution is -2.46. The standard InChI is InChI=1S/C41H47N5O4/c1-5-8-22-44(23-9-6-2)41(50)37-24-29(4)46(43-37)38-21-20-33(42-39(48)35(15-7-3)30-16-11-10-12-17-30)26-36(38)40(49)45-27-32-19-14-13-18-31(32)25-34(45)28-47/h3,10-14,16-21,24,26,34-35,47H,5-6,8-9,15,22-23,25,27-28H2,1-2,4H3,(H,42,48)/t34-,35?/m0/s1. The summed E-state index contributed by atoms with van der Waals surface area (Å²) in [4.78, 5) is 45.5. The Balaban J connectivity index is 1.54. The van der Waals surface area contributed by atoms with E-state index < -0.39 is 12.0 Å². The number of terminal acetylenes is 1. The van der Waals surface area contributed by atoms with Crippen molar-refractivity contribution in [1.82, 2.24) is 19.6 Å². The van der Waals surface area contributed by atoms with Gasteiger partial charge < -0.3 is 20.2 Å². The molecule has 0 saturated carbocycles. The summed E-state index contributed by atoms with van der Waals surface area (Å²) in [7, 11) is 0. The molecule has 0 saturated heterocycles. The van der Waals surface area contributed by atoms with Crippen molar-refractivity contribution in [3.63, 3.8) is 0 Å². The number of rotatable bonds is 14. The molecule has 1 aliphatic rings. The van der Waals surface area contributed by atoms with Crippen LogP contribution in [0.5, 0.6) is 0 Å². The molecule has 1 aromatic heterocycles. The maximum atomic E-state index is 14.6. The second-order valence-corrected chi connectivity index (χ2v) is 12.9. The number of hydrogen-bond acceptors (Lipinski definition) is 5. The second-order valence-electron chi connectivity index (χ2n) is 12.9. The zero-order valence-electron chi connectivity index (χ0n) is 29.3. The van der Waals surface area contributed by atoms with Crippen LogP contribution in [0.2, 0.25) is 0 Å². The lowest BCUT2D eigenvalue weighted by Gasteiger charge is -2.36. The average Bonchev–Trinajstić information content (AvgIpc) is 3.54. The fourth-order valence-corrected chi connectivity index (χ4v) is 6.50. The normalized spacial score (nSPS) is 14.4. The minimum absolute atomic E-state index is 0.140. The number of anilines is 1. The predicted molar refractivity (Wildman–Crippen MR) is 196 cm³/mol. The molecule has 0 spiro atoms. The molecule has 0 fully saturated rings. The summed E-state index contributed by atoms with van der Waals surface area (Å²) >= 11 is 0. The molecular formula is C41H47N5O4. The van der Waals surface area contributed by atoms with Gasteiger partial charge in [0.05, 0.1) is 29.8 Å². The van der Waals surface area contributed by atoms with E-state index in [4.69, 9.17) is 11.5 Å². The molecule has 3 amide bonds. The third kappa shape index (κ3) is 8.15. The highest BCUT2D eigenvalue weighted by molar-refractivity contribution is 6.02. The number of aryl methyl sites for hydroxylation is 1. The van der Waals surface area contributed by atoms with Crippen LogP contribution < -0.4 is 5.32 Å². The number of carbonyl (C=O) groups is 3. The Morgan fingerprint density at radius 2 is 1.66 bits per heavy atom. The number of nitrogens with zero attached hydrogens (tertiary/aromatic N) is 4. The molecule has 1 aliphatic heterocycles. The number of amides is 3. The summed E-state index contributed by atoms with van der Waals surface area (Å²) in [6.07, 6.45) is 10.1. The summed E-state index contributed by atoms with van der Waals surface area (Å²) in [6.45, 7) is 7.48. The first-order valence-electron chi connectivity index (χ1n) is 17.6. The molecule has 2 N–H and O–H groups in total. The Hall–Kier alpha value is -5.20. The number of fused-ring (bicyclic) bond motifs is 1. The number of benzene rings is 3. The zero-order valence-corrected chi connectivity index (χ0v) is 29.3. The number of aromatic nitrogens is 2. The van der Waals surface area contributed by atoms with E-state index in [1.165, 1.54) is 0 Å². The van der Waals surface area contributed by atoms with Gasteiger partial charge in [-0.15, -0.1) is 12.3 Å². The maximum Gasteiger partial charge on any atom is 0.274 e. The van der Waals surface area contributed by atoms with E-state index in [-0.39, 0.29) is 36.3 Å². The Morgan fingerprint density at radius 1 is 0.980 bits per heavy atom. The average molecular weight is 674 g/mol. The van der Waals surface area contributed by atoms with Crippen LogP contribution in [0.25, 0.3) is 5.69 Å². The molecule has 2 atom stereocenters. The maximum absolute atomic E-state index is 14.6. The quantitative estimate of drug-likeness (QED) is 0.148. The highest BCUT2D eigenvalue weighted by Crippen LogP contribution is 2.30. The predicted octanol–water partition coefficient (Wildman–Crippen LogP) is 6.53. The van der Waals surface area contributed by atoms with E-state index in [1.807, 2.05) is 66.4 Å². The van der Waals surface area contributed by atoms with Crippen LogP contribution in [0, 0.1) is 19.3 Å². The van der Waals surface area contributed by atoms with Crippen LogP contribution in [0.1, 0.15) is 95.1 Å². The molecule has 260 valence electrons. The molecular weight excluding hydrogens is 626 g/mol. The van der Waals surface area contributed by atoms with Crippen molar-refractivity contribution in [3.05, 3.63) is 113 Å². The van der Waals surface area contributed by atoms with Gasteiger partial charge in [-0.2, -0.15) is 5.10 Å². The number of hydrogen-bond donors (Lipinski definition) is 2. The van der Waals surface area contributed by atoms with Crippen LogP contribution >= 0.6 is 0 Å². The highest BCUT2D eigenvalue weighted by atomic mass is 16.3. The van der Waals surface area contributed by atoms with Gasteiger partial charge in [0.1, 0.15) is 0 Å². The van der Waals surface area contributed by atoms with Crippen LogP contribution in [0.15, 0.2) is 78.9 Å². The number of unbranched alkanes of at least 4 members (excludes halogenated alkanes) is 2. The first kappa shape index (κ1) is 36.1. The monoisotopic (exact) mass is 673 g/mol. The van der Waals surface area contributed by atoms with E-state index in [2.05, 4.69) is 25.1 Å². The van der Waals surface area contributed by atoms with Gasteiger partial charge in [0, 0.05) is 37.4 Å². The van der Waals surface area contributed by atoms with Crippen molar-refractivity contribution in [2.75, 3.05) is 25.0 Å². The van der Waals surface area contributed by atoms with Gasteiger partial charge in [-0.05, 0) is 67.1 Å². The van der Waals surface area contributed by atoms with Crippen molar-refractivity contribution >= 4 is 23.4 Å². The van der Waals surface area contributed by atoms with Crippen molar-refractivity contribution in [2.24, 2.45) is 0 Å². The molecule has 9 heteroatoms. The van der Waals surface area contributed by atoms with Crippen LogP contribution in [-0.4, -0.2) is 68.1 Å².